The third kappa shape index (κ3) is 1.45. The molecule has 3 aromatic rings. The van der Waals surface area contributed by atoms with Gasteiger partial charge in [-0.05, 0) is 36.6 Å². The van der Waals surface area contributed by atoms with Crippen molar-refractivity contribution in [2.75, 3.05) is 5.73 Å². The summed E-state index contributed by atoms with van der Waals surface area (Å²) in [6.45, 7) is 0. The summed E-state index contributed by atoms with van der Waals surface area (Å²) in [5.41, 5.74) is 9.19. The molecule has 1 heterocycles. The minimum absolute atomic E-state index is 0.0630. The van der Waals surface area contributed by atoms with Crippen LogP contribution in [0.2, 0.25) is 0 Å². The van der Waals surface area contributed by atoms with Gasteiger partial charge in [0.2, 0.25) is 0 Å². The second kappa shape index (κ2) is 3.76. The lowest BCUT2D eigenvalue weighted by Crippen LogP contribution is -2.29. The zero-order valence-corrected chi connectivity index (χ0v) is 11.0. The Hall–Kier alpha value is -2.49. The molecule has 0 spiro atoms. The molecule has 1 fully saturated rings. The Balaban J connectivity index is 2.01. The number of nitrogens with two attached hydrogens (primary N) is 1. The molecule has 0 atom stereocenters. The van der Waals surface area contributed by atoms with Gasteiger partial charge in [-0.1, -0.05) is 30.3 Å². The first-order chi connectivity index (χ1) is 9.71. The Morgan fingerprint density at radius 1 is 1.10 bits per heavy atom. The van der Waals surface area contributed by atoms with Gasteiger partial charge >= 0.3 is 5.69 Å². The van der Waals surface area contributed by atoms with E-state index in [1.807, 2.05) is 41.0 Å². The minimum Gasteiger partial charge on any atom is -0.399 e. The number of aromatic amines is 1. The molecule has 1 aliphatic carbocycles. The van der Waals surface area contributed by atoms with E-state index in [1.54, 1.807) is 0 Å². The number of H-pyrrole nitrogens is 1. The predicted molar refractivity (Wildman–Crippen MR) is 79.7 cm³/mol. The molecule has 1 aliphatic rings. The molecule has 1 aromatic heterocycles. The standard InChI is InChI=1S/C16H15N3O/c17-12-6-7-13-14(10-12)19(15(20)18-13)16(8-9-16)11-4-2-1-3-5-11/h1-7,10H,8-9,17H2,(H,18,20). The van der Waals surface area contributed by atoms with Crippen molar-refractivity contribution in [3.8, 4) is 0 Å². The van der Waals surface area contributed by atoms with Gasteiger partial charge in [0.25, 0.3) is 0 Å². The van der Waals surface area contributed by atoms with Crippen LogP contribution in [-0.4, -0.2) is 9.55 Å². The quantitative estimate of drug-likeness (QED) is 0.699. The van der Waals surface area contributed by atoms with Gasteiger partial charge < -0.3 is 10.7 Å². The van der Waals surface area contributed by atoms with Crippen molar-refractivity contribution in [2.24, 2.45) is 0 Å². The summed E-state index contributed by atoms with van der Waals surface area (Å²) in [7, 11) is 0. The van der Waals surface area contributed by atoms with E-state index in [4.69, 9.17) is 5.73 Å². The molecule has 0 aliphatic heterocycles. The first-order valence-electron chi connectivity index (χ1n) is 6.77. The fourth-order valence-corrected chi connectivity index (χ4v) is 3.05. The van der Waals surface area contributed by atoms with Crippen LogP contribution in [0.3, 0.4) is 0 Å². The maximum Gasteiger partial charge on any atom is 0.327 e. The van der Waals surface area contributed by atoms with Crippen LogP contribution in [0.25, 0.3) is 11.0 Å². The monoisotopic (exact) mass is 265 g/mol. The largest absolute Gasteiger partial charge is 0.399 e. The highest BCUT2D eigenvalue weighted by Crippen LogP contribution is 2.49. The summed E-state index contributed by atoms with van der Waals surface area (Å²) in [4.78, 5) is 15.3. The number of fused-ring (bicyclic) bond motifs is 1. The van der Waals surface area contributed by atoms with E-state index in [0.29, 0.717) is 5.69 Å². The van der Waals surface area contributed by atoms with E-state index in [9.17, 15) is 4.79 Å². The third-order valence-electron chi connectivity index (χ3n) is 4.17. The van der Waals surface area contributed by atoms with E-state index in [2.05, 4.69) is 17.1 Å². The molecule has 4 nitrogen and oxygen atoms in total. The van der Waals surface area contributed by atoms with Crippen LogP contribution in [0, 0.1) is 0 Å². The van der Waals surface area contributed by atoms with Gasteiger partial charge in [0.15, 0.2) is 0 Å². The SMILES string of the molecule is Nc1ccc2[nH]c(=O)n(C3(c4ccccc4)CC3)c2c1. The van der Waals surface area contributed by atoms with Gasteiger partial charge in [0.1, 0.15) is 0 Å². The van der Waals surface area contributed by atoms with Gasteiger partial charge in [-0.3, -0.25) is 4.57 Å². The Kier molecular flexibility index (Phi) is 2.13. The number of nitrogens with zero attached hydrogens (tertiary/aromatic N) is 1. The smallest absolute Gasteiger partial charge is 0.327 e. The summed E-state index contributed by atoms with van der Waals surface area (Å²) in [6.07, 6.45) is 1.97. The maximum absolute atomic E-state index is 12.4. The maximum atomic E-state index is 12.4. The van der Waals surface area contributed by atoms with Crippen LogP contribution in [0.1, 0.15) is 18.4 Å². The van der Waals surface area contributed by atoms with Crippen LogP contribution >= 0.6 is 0 Å². The van der Waals surface area contributed by atoms with Gasteiger partial charge in [-0.25, -0.2) is 4.79 Å². The molecule has 0 bridgehead atoms. The highest BCUT2D eigenvalue weighted by molar-refractivity contribution is 5.79. The van der Waals surface area contributed by atoms with Crippen molar-refractivity contribution in [3.63, 3.8) is 0 Å². The summed E-state index contributed by atoms with van der Waals surface area (Å²) >= 11 is 0. The molecular formula is C16H15N3O. The Bertz CT molecular complexity index is 841. The van der Waals surface area contributed by atoms with Crippen LogP contribution in [0.15, 0.2) is 53.3 Å². The average molecular weight is 265 g/mol. The highest BCUT2D eigenvalue weighted by atomic mass is 16.1. The molecule has 3 N–H and O–H groups in total. The van der Waals surface area contributed by atoms with E-state index in [1.165, 1.54) is 5.56 Å². The second-order valence-corrected chi connectivity index (χ2v) is 5.44. The molecule has 4 heteroatoms. The average Bonchev–Trinajstić information content (AvgIpc) is 3.18. The Morgan fingerprint density at radius 3 is 2.55 bits per heavy atom. The van der Waals surface area contributed by atoms with Crippen molar-refractivity contribution in [2.45, 2.75) is 18.4 Å². The molecule has 20 heavy (non-hydrogen) atoms. The van der Waals surface area contributed by atoms with Crippen LogP contribution < -0.4 is 11.4 Å². The van der Waals surface area contributed by atoms with Crippen molar-refractivity contribution in [3.05, 3.63) is 64.6 Å². The molecule has 2 aromatic carbocycles. The van der Waals surface area contributed by atoms with Gasteiger partial charge in [0, 0.05) is 5.69 Å². The van der Waals surface area contributed by atoms with E-state index in [-0.39, 0.29) is 11.2 Å². The molecule has 0 unspecified atom stereocenters. The van der Waals surface area contributed by atoms with Gasteiger partial charge in [0.05, 0.1) is 16.6 Å². The predicted octanol–water partition coefficient (Wildman–Crippen LogP) is 2.45. The fraction of sp³-hybridized carbons (Fsp3) is 0.188. The second-order valence-electron chi connectivity index (χ2n) is 5.44. The normalized spacial score (nSPS) is 16.4. The Morgan fingerprint density at radius 2 is 1.85 bits per heavy atom. The topological polar surface area (TPSA) is 63.8 Å². The number of rotatable bonds is 2. The van der Waals surface area contributed by atoms with Crippen LogP contribution in [0.5, 0.6) is 0 Å². The Labute approximate surface area is 115 Å². The number of hydrogen-bond acceptors (Lipinski definition) is 2. The number of aromatic nitrogens is 2. The number of anilines is 1. The molecule has 0 radical (unpaired) electrons. The summed E-state index contributed by atoms with van der Waals surface area (Å²) < 4.78 is 1.87. The zero-order chi connectivity index (χ0) is 13.7. The van der Waals surface area contributed by atoms with Gasteiger partial charge in [-0.2, -0.15) is 0 Å². The van der Waals surface area contributed by atoms with Crippen molar-refractivity contribution < 1.29 is 0 Å². The first-order valence-corrected chi connectivity index (χ1v) is 6.77. The number of benzene rings is 2. The number of nitrogen functional groups attached to an aromatic ring is 1. The van der Waals surface area contributed by atoms with Crippen molar-refractivity contribution in [1.29, 1.82) is 0 Å². The zero-order valence-electron chi connectivity index (χ0n) is 11.0. The highest BCUT2D eigenvalue weighted by Gasteiger charge is 2.48. The van der Waals surface area contributed by atoms with Crippen LogP contribution in [-0.2, 0) is 5.54 Å². The molecule has 1 saturated carbocycles. The molecule has 0 saturated heterocycles. The fourth-order valence-electron chi connectivity index (χ4n) is 3.05. The number of nitrogens with one attached hydrogen (secondary N) is 1. The van der Waals surface area contributed by atoms with Gasteiger partial charge in [-0.15, -0.1) is 0 Å². The summed E-state index contributed by atoms with van der Waals surface area (Å²) in [5, 5.41) is 0. The third-order valence-corrected chi connectivity index (χ3v) is 4.17. The lowest BCUT2D eigenvalue weighted by molar-refractivity contribution is 0.572. The lowest BCUT2D eigenvalue weighted by atomic mass is 10.0. The minimum atomic E-state index is -0.204. The summed E-state index contributed by atoms with van der Waals surface area (Å²) in [6, 6.07) is 15.8. The first kappa shape index (κ1) is 11.3. The molecule has 100 valence electrons. The van der Waals surface area contributed by atoms with Crippen molar-refractivity contribution in [1.82, 2.24) is 9.55 Å². The lowest BCUT2D eigenvalue weighted by Gasteiger charge is -2.18. The van der Waals surface area contributed by atoms with E-state index >= 15 is 0 Å². The molecular weight excluding hydrogens is 250 g/mol. The van der Waals surface area contributed by atoms with Crippen molar-refractivity contribution >= 4 is 16.7 Å². The van der Waals surface area contributed by atoms with E-state index in [0.717, 1.165) is 23.9 Å². The van der Waals surface area contributed by atoms with E-state index < -0.39 is 0 Å². The molecule has 0 amide bonds. The summed E-state index contributed by atoms with van der Waals surface area (Å²) in [5.74, 6) is 0. The molecule has 4 rings (SSSR count). The van der Waals surface area contributed by atoms with Crippen LogP contribution in [0.4, 0.5) is 5.69 Å². The number of imidazole rings is 1. The number of hydrogen-bond donors (Lipinski definition) is 2.